The van der Waals surface area contributed by atoms with E-state index in [2.05, 4.69) is 0 Å². The lowest BCUT2D eigenvalue weighted by Crippen LogP contribution is -2.31. The minimum absolute atomic E-state index is 0.0920. The van der Waals surface area contributed by atoms with E-state index < -0.39 is 15.1 Å². The molecular weight excluding hydrogens is 472 g/mol. The minimum atomic E-state index is -3.37. The molecule has 0 unspecified atom stereocenters. The number of fused-ring (bicyclic) bond motifs is 1. The molecule has 2 heterocycles. The number of thiazole rings is 1. The SMILES string of the molecule is COc1ccc(C)c2sc(N(Cc3ccco3)C(=O)Cc3ccc(S(=O)(=O)C(C)C)cc3)nc12. The summed E-state index contributed by atoms with van der Waals surface area (Å²) in [6.07, 6.45) is 1.66. The van der Waals surface area contributed by atoms with Crippen molar-refractivity contribution in [1.29, 1.82) is 0 Å². The van der Waals surface area contributed by atoms with Crippen LogP contribution >= 0.6 is 11.3 Å². The Morgan fingerprint density at radius 3 is 2.50 bits per heavy atom. The standard InChI is InChI=1S/C25H26N2O5S2/c1-16(2)34(29,30)20-10-8-18(9-11-20)14-22(28)27(15-19-6-5-13-32-19)25-26-23-21(31-4)12-7-17(3)24(23)33-25/h5-13,16H,14-15H2,1-4H3. The van der Waals surface area contributed by atoms with Gasteiger partial charge in [0.05, 0.1) is 41.2 Å². The molecule has 4 aromatic rings. The topological polar surface area (TPSA) is 89.7 Å². The number of anilines is 1. The highest BCUT2D eigenvalue weighted by Gasteiger charge is 2.24. The van der Waals surface area contributed by atoms with Gasteiger partial charge in [-0.3, -0.25) is 9.69 Å². The second-order valence-electron chi connectivity index (χ2n) is 8.23. The maximum Gasteiger partial charge on any atom is 0.233 e. The van der Waals surface area contributed by atoms with E-state index in [1.807, 2.05) is 25.1 Å². The van der Waals surface area contributed by atoms with Gasteiger partial charge in [-0.05, 0) is 62.2 Å². The molecule has 34 heavy (non-hydrogen) atoms. The largest absolute Gasteiger partial charge is 0.494 e. The van der Waals surface area contributed by atoms with E-state index in [1.165, 1.54) is 11.3 Å². The molecule has 0 saturated heterocycles. The Balaban J connectivity index is 1.66. The first-order valence-corrected chi connectivity index (χ1v) is 13.2. The summed E-state index contributed by atoms with van der Waals surface area (Å²) < 4.78 is 36.7. The monoisotopic (exact) mass is 498 g/mol. The fourth-order valence-corrected chi connectivity index (χ4v) is 5.67. The van der Waals surface area contributed by atoms with Crippen LogP contribution in [-0.2, 0) is 27.6 Å². The molecule has 0 atom stereocenters. The number of carbonyl (C=O) groups is 1. The van der Waals surface area contributed by atoms with E-state index in [0.717, 1.165) is 10.3 Å². The van der Waals surface area contributed by atoms with Crippen LogP contribution < -0.4 is 9.64 Å². The van der Waals surface area contributed by atoms with Gasteiger partial charge < -0.3 is 9.15 Å². The van der Waals surface area contributed by atoms with Crippen LogP contribution in [0.1, 0.15) is 30.7 Å². The van der Waals surface area contributed by atoms with E-state index in [1.54, 1.807) is 62.5 Å². The lowest BCUT2D eigenvalue weighted by atomic mass is 10.1. The first-order chi connectivity index (χ1) is 16.2. The van der Waals surface area contributed by atoms with Crippen LogP contribution in [0.2, 0.25) is 0 Å². The Morgan fingerprint density at radius 2 is 1.88 bits per heavy atom. The molecule has 0 aliphatic carbocycles. The number of aromatic nitrogens is 1. The smallest absolute Gasteiger partial charge is 0.233 e. The molecule has 0 bridgehead atoms. The van der Waals surface area contributed by atoms with Crippen molar-refractivity contribution in [2.45, 2.75) is 43.9 Å². The zero-order chi connectivity index (χ0) is 24.5. The van der Waals surface area contributed by atoms with Crippen LogP contribution in [0, 0.1) is 6.92 Å². The van der Waals surface area contributed by atoms with Crippen LogP contribution in [0.15, 0.2) is 64.1 Å². The second kappa shape index (κ2) is 9.60. The lowest BCUT2D eigenvalue weighted by molar-refractivity contribution is -0.118. The molecule has 2 aromatic carbocycles. The normalized spacial score (nSPS) is 11.8. The number of benzene rings is 2. The Bertz CT molecular complexity index is 1410. The molecule has 0 fully saturated rings. The molecule has 7 nitrogen and oxygen atoms in total. The Labute approximate surface area is 202 Å². The van der Waals surface area contributed by atoms with Crippen molar-refractivity contribution in [3.05, 3.63) is 71.7 Å². The fraction of sp³-hybridized carbons (Fsp3) is 0.280. The predicted molar refractivity (Wildman–Crippen MR) is 133 cm³/mol. The second-order valence-corrected chi connectivity index (χ2v) is 11.7. The summed E-state index contributed by atoms with van der Waals surface area (Å²) in [5.74, 6) is 1.11. The van der Waals surface area contributed by atoms with Crippen molar-refractivity contribution in [3.8, 4) is 5.75 Å². The maximum absolute atomic E-state index is 13.4. The summed E-state index contributed by atoms with van der Waals surface area (Å²) in [5.41, 5.74) is 2.47. The molecule has 178 valence electrons. The molecule has 0 saturated carbocycles. The highest BCUT2D eigenvalue weighted by atomic mass is 32.2. The number of methoxy groups -OCH3 is 1. The van der Waals surface area contributed by atoms with E-state index >= 15 is 0 Å². The maximum atomic E-state index is 13.4. The van der Waals surface area contributed by atoms with Crippen molar-refractivity contribution < 1.29 is 22.4 Å². The number of sulfone groups is 1. The molecule has 1 amide bonds. The molecule has 0 aliphatic heterocycles. The van der Waals surface area contributed by atoms with E-state index in [0.29, 0.717) is 27.7 Å². The number of nitrogens with zero attached hydrogens (tertiary/aromatic N) is 2. The number of hydrogen-bond donors (Lipinski definition) is 0. The zero-order valence-electron chi connectivity index (χ0n) is 19.4. The predicted octanol–water partition coefficient (Wildman–Crippen LogP) is 5.16. The molecular formula is C25H26N2O5S2. The van der Waals surface area contributed by atoms with E-state index in [4.69, 9.17) is 14.1 Å². The highest BCUT2D eigenvalue weighted by molar-refractivity contribution is 7.92. The lowest BCUT2D eigenvalue weighted by Gasteiger charge is -2.19. The van der Waals surface area contributed by atoms with Gasteiger partial charge in [0.2, 0.25) is 5.91 Å². The first-order valence-electron chi connectivity index (χ1n) is 10.8. The molecule has 2 aromatic heterocycles. The van der Waals surface area contributed by atoms with Gasteiger partial charge >= 0.3 is 0 Å². The van der Waals surface area contributed by atoms with Crippen molar-refractivity contribution >= 4 is 42.4 Å². The number of rotatable bonds is 8. The number of amides is 1. The average molecular weight is 499 g/mol. The summed E-state index contributed by atoms with van der Waals surface area (Å²) in [6.45, 7) is 5.52. The summed E-state index contributed by atoms with van der Waals surface area (Å²) >= 11 is 1.42. The summed E-state index contributed by atoms with van der Waals surface area (Å²) in [4.78, 5) is 20.0. The summed E-state index contributed by atoms with van der Waals surface area (Å²) in [7, 11) is -1.77. The molecule has 4 rings (SSSR count). The van der Waals surface area contributed by atoms with Gasteiger partial charge in [-0.2, -0.15) is 0 Å². The van der Waals surface area contributed by atoms with Gasteiger partial charge in [-0.15, -0.1) is 0 Å². The minimum Gasteiger partial charge on any atom is -0.494 e. The molecule has 0 radical (unpaired) electrons. The number of carbonyl (C=O) groups excluding carboxylic acids is 1. The van der Waals surface area contributed by atoms with Crippen LogP contribution in [0.5, 0.6) is 5.75 Å². The third-order valence-electron chi connectivity index (χ3n) is 5.57. The van der Waals surface area contributed by atoms with E-state index in [-0.39, 0.29) is 23.8 Å². The average Bonchev–Trinajstić information content (AvgIpc) is 3.48. The third kappa shape index (κ3) is 4.71. The third-order valence-corrected chi connectivity index (χ3v) is 8.95. The van der Waals surface area contributed by atoms with Crippen LogP contribution in [0.25, 0.3) is 10.2 Å². The number of aryl methyl sites for hydroxylation is 1. The van der Waals surface area contributed by atoms with Crippen molar-refractivity contribution in [1.82, 2.24) is 4.98 Å². The van der Waals surface area contributed by atoms with Crippen LogP contribution in [-0.4, -0.2) is 31.7 Å². The summed E-state index contributed by atoms with van der Waals surface area (Å²) in [6, 6.07) is 13.9. The Hall–Kier alpha value is -3.17. The van der Waals surface area contributed by atoms with Gasteiger partial charge in [0, 0.05) is 0 Å². The molecule has 0 spiro atoms. The van der Waals surface area contributed by atoms with Gasteiger partial charge in [0.15, 0.2) is 15.0 Å². The molecule has 0 N–H and O–H groups in total. The Kier molecular flexibility index (Phi) is 6.77. The van der Waals surface area contributed by atoms with Crippen molar-refractivity contribution in [2.75, 3.05) is 12.0 Å². The zero-order valence-corrected chi connectivity index (χ0v) is 21.1. The van der Waals surface area contributed by atoms with Crippen LogP contribution in [0.4, 0.5) is 5.13 Å². The number of furan rings is 1. The van der Waals surface area contributed by atoms with Crippen molar-refractivity contribution in [2.24, 2.45) is 0 Å². The molecule has 0 aliphatic rings. The molecule has 9 heteroatoms. The van der Waals surface area contributed by atoms with Gasteiger partial charge in [0.1, 0.15) is 17.0 Å². The van der Waals surface area contributed by atoms with Crippen LogP contribution in [0.3, 0.4) is 0 Å². The van der Waals surface area contributed by atoms with Gasteiger partial charge in [-0.1, -0.05) is 29.5 Å². The first kappa shape index (κ1) is 24.0. The number of ether oxygens (including phenoxy) is 1. The Morgan fingerprint density at radius 1 is 1.15 bits per heavy atom. The highest BCUT2D eigenvalue weighted by Crippen LogP contribution is 2.37. The van der Waals surface area contributed by atoms with Gasteiger partial charge in [0.25, 0.3) is 0 Å². The summed E-state index contributed by atoms with van der Waals surface area (Å²) in [5, 5.41) is 0.0336. The van der Waals surface area contributed by atoms with Gasteiger partial charge in [-0.25, -0.2) is 13.4 Å². The van der Waals surface area contributed by atoms with Crippen molar-refractivity contribution in [3.63, 3.8) is 0 Å². The van der Waals surface area contributed by atoms with E-state index in [9.17, 15) is 13.2 Å². The fourth-order valence-electron chi connectivity index (χ4n) is 3.54. The number of hydrogen-bond acceptors (Lipinski definition) is 7. The quantitative estimate of drug-likeness (QED) is 0.333.